The summed E-state index contributed by atoms with van der Waals surface area (Å²) in [6.45, 7) is 3.25. The van der Waals surface area contributed by atoms with E-state index in [9.17, 15) is 14.7 Å². The molecule has 0 aliphatic heterocycles. The molecule has 1 aromatic carbocycles. The molecule has 0 aliphatic rings. The van der Waals surface area contributed by atoms with Gasteiger partial charge in [-0.1, -0.05) is 30.3 Å². The highest BCUT2D eigenvalue weighted by atomic mass is 16.5. The van der Waals surface area contributed by atoms with Crippen molar-refractivity contribution < 1.29 is 9.84 Å². The molecule has 2 N–H and O–H groups in total. The van der Waals surface area contributed by atoms with E-state index < -0.39 is 11.2 Å². The predicted molar refractivity (Wildman–Crippen MR) is 79.5 cm³/mol. The first-order valence-electron chi connectivity index (χ1n) is 6.84. The minimum Gasteiger partial charge on any atom is -0.494 e. The average Bonchev–Trinajstić information content (AvgIpc) is 2.47. The molecule has 0 radical (unpaired) electrons. The van der Waals surface area contributed by atoms with Crippen LogP contribution < -0.4 is 11.2 Å². The fraction of sp³-hybridized carbons (Fsp3) is 0.333. The lowest BCUT2D eigenvalue weighted by Crippen LogP contribution is -2.31. The topological polar surface area (TPSA) is 84.3 Å². The summed E-state index contributed by atoms with van der Waals surface area (Å²) < 4.78 is 6.36. The van der Waals surface area contributed by atoms with Crippen LogP contribution in [-0.2, 0) is 11.3 Å². The van der Waals surface area contributed by atoms with Gasteiger partial charge in [-0.2, -0.15) is 0 Å². The largest absolute Gasteiger partial charge is 0.494 e. The lowest BCUT2D eigenvalue weighted by atomic mass is 10.1. The van der Waals surface area contributed by atoms with Crippen LogP contribution in [-0.4, -0.2) is 27.9 Å². The molecule has 6 heteroatoms. The van der Waals surface area contributed by atoms with Crippen LogP contribution in [0.5, 0.6) is 5.88 Å². The minimum atomic E-state index is -0.617. The van der Waals surface area contributed by atoms with Crippen molar-refractivity contribution in [3.63, 3.8) is 0 Å². The van der Waals surface area contributed by atoms with Crippen LogP contribution in [0.1, 0.15) is 13.3 Å². The number of aromatic nitrogens is 2. The third-order valence-corrected chi connectivity index (χ3v) is 3.11. The summed E-state index contributed by atoms with van der Waals surface area (Å²) in [6.07, 6.45) is 0.571. The van der Waals surface area contributed by atoms with Crippen molar-refractivity contribution in [3.8, 4) is 17.0 Å². The van der Waals surface area contributed by atoms with Crippen molar-refractivity contribution in [1.82, 2.24) is 9.55 Å². The standard InChI is InChI=1S/C15H18N2O4/c1-2-21-10-6-9-17-14(19)12(13(18)16-15(17)20)11-7-4-3-5-8-11/h3-5,7-8,19H,2,6,9-10H2,1H3,(H,16,18,20). The summed E-state index contributed by atoms with van der Waals surface area (Å²) in [4.78, 5) is 26.0. The van der Waals surface area contributed by atoms with E-state index in [1.165, 1.54) is 0 Å². The third-order valence-electron chi connectivity index (χ3n) is 3.11. The monoisotopic (exact) mass is 290 g/mol. The molecule has 0 fully saturated rings. The molecule has 0 aliphatic carbocycles. The Labute approximate surface area is 121 Å². The third kappa shape index (κ3) is 3.41. The first kappa shape index (κ1) is 15.1. The van der Waals surface area contributed by atoms with Crippen LogP contribution in [0, 0.1) is 0 Å². The van der Waals surface area contributed by atoms with Crippen LogP contribution in [0.4, 0.5) is 0 Å². The Hall–Kier alpha value is -2.34. The van der Waals surface area contributed by atoms with Crippen molar-refractivity contribution >= 4 is 0 Å². The fourth-order valence-corrected chi connectivity index (χ4v) is 2.10. The average molecular weight is 290 g/mol. The maximum absolute atomic E-state index is 11.9. The lowest BCUT2D eigenvalue weighted by molar-refractivity contribution is 0.140. The Kier molecular flexibility index (Phi) is 4.94. The van der Waals surface area contributed by atoms with Crippen LogP contribution >= 0.6 is 0 Å². The maximum atomic E-state index is 11.9. The summed E-state index contributed by atoms with van der Waals surface area (Å²) in [6, 6.07) is 8.75. The first-order chi connectivity index (χ1) is 10.1. The van der Waals surface area contributed by atoms with Crippen molar-refractivity contribution in [2.45, 2.75) is 19.9 Å². The van der Waals surface area contributed by atoms with Gasteiger partial charge in [0.15, 0.2) is 0 Å². The van der Waals surface area contributed by atoms with Crippen molar-refractivity contribution in [2.75, 3.05) is 13.2 Å². The van der Waals surface area contributed by atoms with Crippen LogP contribution in [0.15, 0.2) is 39.9 Å². The van der Waals surface area contributed by atoms with E-state index in [0.717, 1.165) is 4.57 Å². The second-order valence-electron chi connectivity index (χ2n) is 4.53. The van der Waals surface area contributed by atoms with Gasteiger partial charge in [-0.15, -0.1) is 0 Å². The van der Waals surface area contributed by atoms with Crippen LogP contribution in [0.2, 0.25) is 0 Å². The number of ether oxygens (including phenoxy) is 1. The summed E-state index contributed by atoms with van der Waals surface area (Å²) in [7, 11) is 0. The van der Waals surface area contributed by atoms with E-state index in [-0.39, 0.29) is 18.0 Å². The van der Waals surface area contributed by atoms with Gasteiger partial charge in [0.2, 0.25) is 5.88 Å². The molecule has 112 valence electrons. The number of benzene rings is 1. The van der Waals surface area contributed by atoms with E-state index in [4.69, 9.17) is 4.74 Å². The zero-order valence-corrected chi connectivity index (χ0v) is 11.8. The highest BCUT2D eigenvalue weighted by Crippen LogP contribution is 2.23. The van der Waals surface area contributed by atoms with E-state index >= 15 is 0 Å². The summed E-state index contributed by atoms with van der Waals surface area (Å²) in [5.74, 6) is -0.313. The highest BCUT2D eigenvalue weighted by Gasteiger charge is 2.15. The van der Waals surface area contributed by atoms with Crippen LogP contribution in [0.25, 0.3) is 11.1 Å². The number of nitrogens with zero attached hydrogens (tertiary/aromatic N) is 1. The number of nitrogens with one attached hydrogen (secondary N) is 1. The number of aromatic amines is 1. The van der Waals surface area contributed by atoms with Gasteiger partial charge in [-0.25, -0.2) is 4.79 Å². The van der Waals surface area contributed by atoms with Gasteiger partial charge in [0.25, 0.3) is 5.56 Å². The van der Waals surface area contributed by atoms with Gasteiger partial charge in [0.1, 0.15) is 5.56 Å². The van der Waals surface area contributed by atoms with Gasteiger partial charge in [-0.05, 0) is 18.9 Å². The normalized spacial score (nSPS) is 10.7. The SMILES string of the molecule is CCOCCCn1c(O)c(-c2ccccc2)c(=O)[nH]c1=O. The molecule has 0 unspecified atom stereocenters. The number of hydrogen-bond donors (Lipinski definition) is 2. The number of aromatic hydroxyl groups is 1. The zero-order valence-electron chi connectivity index (χ0n) is 11.8. The lowest BCUT2D eigenvalue weighted by Gasteiger charge is -2.11. The molecule has 2 aromatic rings. The molecular weight excluding hydrogens is 272 g/mol. The number of hydrogen-bond acceptors (Lipinski definition) is 4. The molecular formula is C15H18N2O4. The predicted octanol–water partition coefficient (Wildman–Crippen LogP) is 1.34. The van der Waals surface area contributed by atoms with E-state index in [0.29, 0.717) is 25.2 Å². The number of rotatable bonds is 6. The van der Waals surface area contributed by atoms with Crippen molar-refractivity contribution in [1.29, 1.82) is 0 Å². The Balaban J connectivity index is 2.39. The second-order valence-corrected chi connectivity index (χ2v) is 4.53. The van der Waals surface area contributed by atoms with Gasteiger partial charge < -0.3 is 9.84 Å². The molecule has 0 bridgehead atoms. The summed E-state index contributed by atoms with van der Waals surface area (Å²) in [5, 5.41) is 10.3. The Morgan fingerprint density at radius 2 is 1.95 bits per heavy atom. The number of H-pyrrole nitrogens is 1. The molecule has 0 atom stereocenters. The fourth-order valence-electron chi connectivity index (χ4n) is 2.10. The molecule has 0 saturated heterocycles. The molecule has 1 aromatic heterocycles. The first-order valence-corrected chi connectivity index (χ1v) is 6.84. The maximum Gasteiger partial charge on any atom is 0.331 e. The van der Waals surface area contributed by atoms with Crippen molar-refractivity contribution in [2.24, 2.45) is 0 Å². The zero-order chi connectivity index (χ0) is 15.2. The smallest absolute Gasteiger partial charge is 0.331 e. The summed E-state index contributed by atoms with van der Waals surface area (Å²) in [5.41, 5.74) is -0.542. The molecule has 6 nitrogen and oxygen atoms in total. The Morgan fingerprint density at radius 3 is 2.62 bits per heavy atom. The molecule has 1 heterocycles. The van der Waals surface area contributed by atoms with E-state index in [1.54, 1.807) is 24.3 Å². The molecule has 0 saturated carbocycles. The van der Waals surface area contributed by atoms with Crippen LogP contribution in [0.3, 0.4) is 0 Å². The molecule has 2 rings (SSSR count). The molecule has 0 amide bonds. The van der Waals surface area contributed by atoms with Gasteiger partial charge >= 0.3 is 5.69 Å². The van der Waals surface area contributed by atoms with E-state index in [2.05, 4.69) is 4.98 Å². The summed E-state index contributed by atoms with van der Waals surface area (Å²) >= 11 is 0. The quantitative estimate of drug-likeness (QED) is 0.786. The Morgan fingerprint density at radius 1 is 1.24 bits per heavy atom. The van der Waals surface area contributed by atoms with Gasteiger partial charge in [0, 0.05) is 19.8 Å². The van der Waals surface area contributed by atoms with E-state index in [1.807, 2.05) is 13.0 Å². The molecule has 0 spiro atoms. The van der Waals surface area contributed by atoms with Gasteiger partial charge in [-0.3, -0.25) is 14.3 Å². The molecule has 21 heavy (non-hydrogen) atoms. The van der Waals surface area contributed by atoms with Crippen molar-refractivity contribution in [3.05, 3.63) is 51.2 Å². The minimum absolute atomic E-state index is 0.103. The Bertz CT molecular complexity index is 704. The highest BCUT2D eigenvalue weighted by molar-refractivity contribution is 5.67. The van der Waals surface area contributed by atoms with Gasteiger partial charge in [0.05, 0.1) is 0 Å². The second kappa shape index (κ2) is 6.90.